The first-order valence-corrected chi connectivity index (χ1v) is 12.6. The highest BCUT2D eigenvalue weighted by molar-refractivity contribution is 5.80. The number of fused-ring (bicyclic) bond motifs is 7. The van der Waals surface area contributed by atoms with Crippen LogP contribution in [0.1, 0.15) is 29.0 Å². The van der Waals surface area contributed by atoms with Crippen LogP contribution in [0.4, 0.5) is 0 Å². The Hall–Kier alpha value is -4.40. The standard InChI is InChI=1S/C29H28N2O7/c1-35-23-8-5-19-13-27(23)38-25-10-17(2-6-22(25)32)4-9-28(33)30-21-15-31(14-20(19)21)29(34)12-18-3-7-24-26(11-18)37-16-36-24/h2-3,5-8,10-11,13,20-21,32H,4,9,12,14-16H2,1H3,(H,30,33)/t20-,21+/m0/s1. The summed E-state index contributed by atoms with van der Waals surface area (Å²) in [7, 11) is 1.56. The molecule has 0 aliphatic carbocycles. The minimum atomic E-state index is -0.262. The molecule has 4 bridgehead atoms. The van der Waals surface area contributed by atoms with Gasteiger partial charge in [0.1, 0.15) is 0 Å². The first-order chi connectivity index (χ1) is 18.5. The van der Waals surface area contributed by atoms with E-state index in [1.807, 2.05) is 30.3 Å². The minimum Gasteiger partial charge on any atom is -0.504 e. The van der Waals surface area contributed by atoms with E-state index >= 15 is 0 Å². The number of phenols is 1. The largest absolute Gasteiger partial charge is 0.504 e. The zero-order chi connectivity index (χ0) is 26.2. The Labute approximate surface area is 219 Å². The quantitative estimate of drug-likeness (QED) is 0.549. The number of carbonyl (C=O) groups excluding carboxylic acids is 2. The first kappa shape index (κ1) is 24.0. The molecule has 1 saturated heterocycles. The number of hydrogen-bond donors (Lipinski definition) is 2. The van der Waals surface area contributed by atoms with Gasteiger partial charge in [0.25, 0.3) is 0 Å². The molecule has 3 aliphatic heterocycles. The number of nitrogens with zero attached hydrogens (tertiary/aromatic N) is 1. The topological polar surface area (TPSA) is 107 Å². The van der Waals surface area contributed by atoms with Crippen molar-refractivity contribution >= 4 is 11.8 Å². The van der Waals surface area contributed by atoms with Crippen LogP contribution in [0.3, 0.4) is 0 Å². The molecule has 9 nitrogen and oxygen atoms in total. The molecule has 0 spiro atoms. The number of aromatic hydroxyl groups is 1. The van der Waals surface area contributed by atoms with E-state index in [1.165, 1.54) is 0 Å². The highest BCUT2D eigenvalue weighted by Crippen LogP contribution is 2.40. The van der Waals surface area contributed by atoms with Crippen molar-refractivity contribution in [3.05, 3.63) is 71.3 Å². The van der Waals surface area contributed by atoms with Gasteiger partial charge in [0.05, 0.1) is 19.6 Å². The summed E-state index contributed by atoms with van der Waals surface area (Å²) in [6.45, 7) is 1.02. The van der Waals surface area contributed by atoms with Crippen molar-refractivity contribution in [2.75, 3.05) is 27.0 Å². The molecule has 6 rings (SSSR count). The number of benzene rings is 3. The van der Waals surface area contributed by atoms with Crippen LogP contribution in [0.15, 0.2) is 54.6 Å². The number of aryl methyl sites for hydroxylation is 1. The van der Waals surface area contributed by atoms with Crippen molar-refractivity contribution < 1.29 is 33.6 Å². The molecule has 196 valence electrons. The molecular formula is C29H28N2O7. The van der Waals surface area contributed by atoms with E-state index in [4.69, 9.17) is 18.9 Å². The van der Waals surface area contributed by atoms with Crippen LogP contribution in [0, 0.1) is 0 Å². The van der Waals surface area contributed by atoms with Gasteiger partial charge in [-0.2, -0.15) is 0 Å². The Bertz CT molecular complexity index is 1410. The lowest BCUT2D eigenvalue weighted by atomic mass is 9.93. The molecule has 3 aromatic rings. The van der Waals surface area contributed by atoms with Gasteiger partial charge in [0.15, 0.2) is 34.5 Å². The third kappa shape index (κ3) is 4.67. The summed E-state index contributed by atoms with van der Waals surface area (Å²) >= 11 is 0. The summed E-state index contributed by atoms with van der Waals surface area (Å²) in [5.41, 5.74) is 2.61. The smallest absolute Gasteiger partial charge is 0.231 e. The third-order valence-corrected chi connectivity index (χ3v) is 7.31. The number of carbonyl (C=O) groups is 2. The van der Waals surface area contributed by atoms with E-state index in [0.717, 1.165) is 16.7 Å². The van der Waals surface area contributed by atoms with E-state index in [1.54, 1.807) is 36.3 Å². The van der Waals surface area contributed by atoms with Gasteiger partial charge in [-0.05, 0) is 59.5 Å². The first-order valence-electron chi connectivity index (χ1n) is 12.6. The molecule has 2 N–H and O–H groups in total. The van der Waals surface area contributed by atoms with Gasteiger partial charge < -0.3 is 34.3 Å². The van der Waals surface area contributed by atoms with Gasteiger partial charge in [-0.3, -0.25) is 9.59 Å². The number of likely N-dealkylation sites (tertiary alicyclic amines) is 1. The van der Waals surface area contributed by atoms with Crippen molar-refractivity contribution in [3.8, 4) is 34.5 Å². The molecule has 0 radical (unpaired) electrons. The molecule has 3 aliphatic rings. The molecule has 2 amide bonds. The van der Waals surface area contributed by atoms with E-state index in [9.17, 15) is 14.7 Å². The van der Waals surface area contributed by atoms with Crippen LogP contribution < -0.4 is 24.3 Å². The van der Waals surface area contributed by atoms with Crippen molar-refractivity contribution in [1.29, 1.82) is 0 Å². The second-order valence-electron chi connectivity index (χ2n) is 9.76. The van der Waals surface area contributed by atoms with Gasteiger partial charge in [0.2, 0.25) is 18.6 Å². The maximum atomic E-state index is 13.3. The summed E-state index contributed by atoms with van der Waals surface area (Å²) in [6, 6.07) is 15.9. The van der Waals surface area contributed by atoms with E-state index in [0.29, 0.717) is 48.3 Å². The van der Waals surface area contributed by atoms with Gasteiger partial charge in [-0.25, -0.2) is 0 Å². The lowest BCUT2D eigenvalue weighted by molar-refractivity contribution is -0.130. The summed E-state index contributed by atoms with van der Waals surface area (Å²) < 4.78 is 22.4. The number of nitrogens with one attached hydrogen (secondary N) is 1. The number of ether oxygens (including phenoxy) is 4. The van der Waals surface area contributed by atoms with Crippen molar-refractivity contribution in [3.63, 3.8) is 0 Å². The van der Waals surface area contributed by atoms with Gasteiger partial charge in [-0.15, -0.1) is 0 Å². The molecule has 0 aromatic heterocycles. The monoisotopic (exact) mass is 516 g/mol. The fourth-order valence-corrected chi connectivity index (χ4v) is 5.28. The van der Waals surface area contributed by atoms with Gasteiger partial charge >= 0.3 is 0 Å². The predicted molar refractivity (Wildman–Crippen MR) is 137 cm³/mol. The Balaban J connectivity index is 1.29. The molecule has 9 heteroatoms. The average Bonchev–Trinajstić information content (AvgIpc) is 3.55. The van der Waals surface area contributed by atoms with E-state index < -0.39 is 0 Å². The normalized spacial score (nSPS) is 19.8. The third-order valence-electron chi connectivity index (χ3n) is 7.31. The second-order valence-corrected chi connectivity index (χ2v) is 9.76. The maximum Gasteiger partial charge on any atom is 0.231 e. The Morgan fingerprint density at radius 2 is 1.87 bits per heavy atom. The Morgan fingerprint density at radius 3 is 2.74 bits per heavy atom. The van der Waals surface area contributed by atoms with Crippen molar-refractivity contribution in [2.24, 2.45) is 0 Å². The number of rotatable bonds is 3. The predicted octanol–water partition coefficient (Wildman–Crippen LogP) is 3.52. The van der Waals surface area contributed by atoms with Crippen LogP contribution >= 0.6 is 0 Å². The number of phenolic OH excluding ortho intramolecular Hbond substituents is 1. The van der Waals surface area contributed by atoms with Crippen molar-refractivity contribution in [1.82, 2.24) is 10.2 Å². The van der Waals surface area contributed by atoms with Crippen LogP contribution in [-0.2, 0) is 22.4 Å². The Kier molecular flexibility index (Phi) is 6.19. The van der Waals surface area contributed by atoms with Crippen LogP contribution in [0.2, 0.25) is 0 Å². The van der Waals surface area contributed by atoms with E-state index in [2.05, 4.69) is 5.32 Å². The average molecular weight is 517 g/mol. The maximum absolute atomic E-state index is 13.3. The Morgan fingerprint density at radius 1 is 1.00 bits per heavy atom. The molecular weight excluding hydrogens is 488 g/mol. The number of hydrogen-bond acceptors (Lipinski definition) is 7. The highest BCUT2D eigenvalue weighted by atomic mass is 16.7. The van der Waals surface area contributed by atoms with Gasteiger partial charge in [-0.1, -0.05) is 18.2 Å². The van der Waals surface area contributed by atoms with Crippen LogP contribution in [-0.4, -0.2) is 54.9 Å². The molecule has 1 fully saturated rings. The molecule has 3 heterocycles. The molecule has 3 aromatic carbocycles. The minimum absolute atomic E-state index is 0.000406. The summed E-state index contributed by atoms with van der Waals surface area (Å²) in [4.78, 5) is 28.1. The fraction of sp³-hybridized carbons (Fsp3) is 0.310. The summed E-state index contributed by atoms with van der Waals surface area (Å²) in [5, 5.41) is 13.6. The SMILES string of the molecule is COc1ccc2cc1Oc1cc(ccc1O)CCC(=O)N[C@@H]1CN(C(=O)Cc3ccc4c(c3)OCO4)C[C@@H]21. The second kappa shape index (κ2) is 9.81. The lowest BCUT2D eigenvalue weighted by Gasteiger charge is -2.21. The summed E-state index contributed by atoms with van der Waals surface area (Å²) in [5.74, 6) is 2.31. The molecule has 2 atom stereocenters. The van der Waals surface area contributed by atoms with Crippen LogP contribution in [0.25, 0.3) is 0 Å². The zero-order valence-corrected chi connectivity index (χ0v) is 20.9. The molecule has 0 saturated carbocycles. The molecule has 0 unspecified atom stereocenters. The lowest BCUT2D eigenvalue weighted by Crippen LogP contribution is -2.40. The van der Waals surface area contributed by atoms with Crippen LogP contribution in [0.5, 0.6) is 34.5 Å². The van der Waals surface area contributed by atoms with E-state index in [-0.39, 0.29) is 49.2 Å². The number of methoxy groups -OCH3 is 1. The highest BCUT2D eigenvalue weighted by Gasteiger charge is 2.37. The molecule has 38 heavy (non-hydrogen) atoms. The van der Waals surface area contributed by atoms with Gasteiger partial charge in [0, 0.05) is 25.4 Å². The zero-order valence-electron chi connectivity index (χ0n) is 20.9. The summed E-state index contributed by atoms with van der Waals surface area (Å²) in [6.07, 6.45) is 0.982. The fourth-order valence-electron chi connectivity index (χ4n) is 5.28. The number of amides is 2. The van der Waals surface area contributed by atoms with Crippen molar-refractivity contribution in [2.45, 2.75) is 31.2 Å².